The van der Waals surface area contributed by atoms with Gasteiger partial charge >= 0.3 is 0 Å². The van der Waals surface area contributed by atoms with E-state index in [1.54, 1.807) is 0 Å². The number of nitrogens with one attached hydrogen (secondary N) is 2. The second kappa shape index (κ2) is 10.9. The van der Waals surface area contributed by atoms with Gasteiger partial charge in [0.2, 0.25) is 5.91 Å². The van der Waals surface area contributed by atoms with Crippen molar-refractivity contribution < 1.29 is 9.59 Å². The van der Waals surface area contributed by atoms with E-state index in [-0.39, 0.29) is 24.4 Å². The van der Waals surface area contributed by atoms with Crippen LogP contribution in [-0.2, 0) is 30.6 Å². The topological polar surface area (TPSA) is 61.4 Å². The Morgan fingerprint density at radius 2 is 1.53 bits per heavy atom. The normalized spacial score (nSPS) is 22.2. The fourth-order valence-electron chi connectivity index (χ4n) is 6.71. The van der Waals surface area contributed by atoms with E-state index in [0.717, 1.165) is 49.2 Å². The SMILES string of the molecule is O=C(CNC(=O)c1cccc2c1Cc1ccccc1CC2)NC1C[C@H]2CC[C@@H](C1)N2Cc1ccc(Cl)cc1. The van der Waals surface area contributed by atoms with Gasteiger partial charge in [-0.25, -0.2) is 0 Å². The molecule has 2 N–H and O–H groups in total. The maximum atomic E-state index is 13.2. The molecule has 2 bridgehead atoms. The number of aryl methyl sites for hydroxylation is 2. The molecule has 2 amide bonds. The Bertz CT molecular complexity index is 1320. The van der Waals surface area contributed by atoms with Crippen LogP contribution in [0.2, 0.25) is 5.02 Å². The number of hydrogen-bond acceptors (Lipinski definition) is 3. The van der Waals surface area contributed by atoms with Crippen molar-refractivity contribution in [2.45, 2.75) is 69.6 Å². The maximum absolute atomic E-state index is 13.2. The Morgan fingerprint density at radius 1 is 0.842 bits per heavy atom. The van der Waals surface area contributed by atoms with Crippen LogP contribution in [0.1, 0.15) is 63.9 Å². The van der Waals surface area contributed by atoms with Crippen LogP contribution in [0.4, 0.5) is 0 Å². The Kier molecular flexibility index (Phi) is 7.22. The molecule has 1 aliphatic carbocycles. The summed E-state index contributed by atoms with van der Waals surface area (Å²) in [5.74, 6) is -0.282. The first-order chi connectivity index (χ1) is 18.5. The first-order valence-electron chi connectivity index (χ1n) is 13.8. The molecule has 0 saturated carbocycles. The summed E-state index contributed by atoms with van der Waals surface area (Å²) in [6.07, 6.45) is 6.90. The van der Waals surface area contributed by atoms with Crippen molar-refractivity contribution in [3.63, 3.8) is 0 Å². The Balaban J connectivity index is 1.04. The minimum absolute atomic E-state index is 0.000585. The van der Waals surface area contributed by atoms with Gasteiger partial charge in [-0.3, -0.25) is 14.5 Å². The van der Waals surface area contributed by atoms with Gasteiger partial charge in [-0.15, -0.1) is 0 Å². The summed E-state index contributed by atoms with van der Waals surface area (Å²) in [5.41, 5.74) is 6.89. The Labute approximate surface area is 229 Å². The van der Waals surface area contributed by atoms with Crippen LogP contribution in [0.3, 0.4) is 0 Å². The largest absolute Gasteiger partial charge is 0.352 e. The van der Waals surface area contributed by atoms with E-state index in [1.807, 2.05) is 24.3 Å². The molecule has 2 aliphatic heterocycles. The predicted octanol–water partition coefficient (Wildman–Crippen LogP) is 5.07. The lowest BCUT2D eigenvalue weighted by Gasteiger charge is -2.39. The Morgan fingerprint density at radius 3 is 2.29 bits per heavy atom. The highest BCUT2D eigenvalue weighted by atomic mass is 35.5. The van der Waals surface area contributed by atoms with Crippen molar-refractivity contribution in [2.24, 2.45) is 0 Å². The second-order valence-corrected chi connectivity index (χ2v) is 11.4. The van der Waals surface area contributed by atoms with Crippen molar-refractivity contribution in [1.29, 1.82) is 0 Å². The summed E-state index contributed by atoms with van der Waals surface area (Å²) in [4.78, 5) is 28.6. The number of carbonyl (C=O) groups excluding carboxylic acids is 2. The van der Waals surface area contributed by atoms with Crippen LogP contribution >= 0.6 is 11.6 Å². The van der Waals surface area contributed by atoms with Crippen molar-refractivity contribution in [2.75, 3.05) is 6.54 Å². The molecule has 2 heterocycles. The van der Waals surface area contributed by atoms with Crippen LogP contribution in [0.25, 0.3) is 0 Å². The summed E-state index contributed by atoms with van der Waals surface area (Å²) >= 11 is 6.05. The van der Waals surface area contributed by atoms with Gasteiger partial charge in [0.25, 0.3) is 5.91 Å². The maximum Gasteiger partial charge on any atom is 0.252 e. The van der Waals surface area contributed by atoms with E-state index in [2.05, 4.69) is 58.0 Å². The number of benzene rings is 3. The van der Waals surface area contributed by atoms with E-state index in [4.69, 9.17) is 11.6 Å². The van der Waals surface area contributed by atoms with Gasteiger partial charge in [-0.1, -0.05) is 60.1 Å². The molecule has 1 unspecified atom stereocenters. The summed E-state index contributed by atoms with van der Waals surface area (Å²) in [6.45, 7) is 0.925. The molecule has 2 saturated heterocycles. The molecule has 6 heteroatoms. The van der Waals surface area contributed by atoms with Crippen LogP contribution < -0.4 is 10.6 Å². The molecule has 0 radical (unpaired) electrons. The molecule has 0 aromatic heterocycles. The molecule has 196 valence electrons. The molecule has 3 aromatic carbocycles. The Hall–Kier alpha value is -3.15. The van der Waals surface area contributed by atoms with E-state index >= 15 is 0 Å². The number of fused-ring (bicyclic) bond motifs is 4. The number of nitrogens with zero attached hydrogens (tertiary/aromatic N) is 1. The number of rotatable bonds is 6. The van der Waals surface area contributed by atoms with Crippen LogP contribution in [0.5, 0.6) is 0 Å². The highest BCUT2D eigenvalue weighted by Crippen LogP contribution is 2.37. The van der Waals surface area contributed by atoms with Gasteiger partial charge in [-0.2, -0.15) is 0 Å². The summed E-state index contributed by atoms with van der Waals surface area (Å²) in [7, 11) is 0. The van der Waals surface area contributed by atoms with Gasteiger partial charge in [0, 0.05) is 35.3 Å². The van der Waals surface area contributed by atoms with Gasteiger partial charge in [0.15, 0.2) is 0 Å². The van der Waals surface area contributed by atoms with Gasteiger partial charge < -0.3 is 10.6 Å². The zero-order valence-corrected chi connectivity index (χ0v) is 22.3. The zero-order valence-electron chi connectivity index (χ0n) is 21.6. The lowest BCUT2D eigenvalue weighted by molar-refractivity contribution is -0.121. The van der Waals surface area contributed by atoms with Gasteiger partial charge in [0.1, 0.15) is 0 Å². The van der Waals surface area contributed by atoms with Crippen molar-refractivity contribution in [3.8, 4) is 0 Å². The quantitative estimate of drug-likeness (QED) is 0.470. The third kappa shape index (κ3) is 5.36. The molecule has 2 fully saturated rings. The van der Waals surface area contributed by atoms with E-state index < -0.39 is 0 Å². The molecule has 3 atom stereocenters. The van der Waals surface area contributed by atoms with Gasteiger partial charge in [0.05, 0.1) is 6.54 Å². The lowest BCUT2D eigenvalue weighted by atomic mass is 9.95. The van der Waals surface area contributed by atoms with Crippen LogP contribution in [0.15, 0.2) is 66.7 Å². The number of carbonyl (C=O) groups is 2. The molecule has 6 rings (SSSR count). The number of piperidine rings is 1. The molecular weight excluding hydrogens is 494 g/mol. The molecular formula is C32H34ClN3O2. The summed E-state index contributed by atoms with van der Waals surface area (Å²) < 4.78 is 0. The van der Waals surface area contributed by atoms with Crippen molar-refractivity contribution in [3.05, 3.63) is 105 Å². The zero-order chi connectivity index (χ0) is 26.1. The first kappa shape index (κ1) is 25.1. The average molecular weight is 528 g/mol. The van der Waals surface area contributed by atoms with E-state index in [9.17, 15) is 9.59 Å². The van der Waals surface area contributed by atoms with E-state index in [0.29, 0.717) is 17.6 Å². The van der Waals surface area contributed by atoms with Gasteiger partial charge in [-0.05, 0) is 91.0 Å². The fourth-order valence-corrected chi connectivity index (χ4v) is 6.84. The van der Waals surface area contributed by atoms with Crippen LogP contribution in [-0.4, -0.2) is 41.4 Å². The van der Waals surface area contributed by atoms with E-state index in [1.165, 1.54) is 35.1 Å². The third-order valence-corrected chi connectivity index (χ3v) is 8.86. The first-order valence-corrected chi connectivity index (χ1v) is 14.2. The second-order valence-electron chi connectivity index (χ2n) is 11.0. The molecule has 3 aliphatic rings. The standard InChI is InChI=1S/C32H34ClN3O2/c33-25-12-8-21(9-13-25)20-36-27-14-15-28(36)18-26(17-27)35-31(37)19-34-32(38)29-7-3-6-23-11-10-22-4-1-2-5-24(22)16-30(23)29/h1-9,12-13,26-28H,10-11,14-20H2,(H,34,38)(H,35,37)/t26?,27-,28+. The number of amides is 2. The fraction of sp³-hybridized carbons (Fsp3) is 0.375. The monoisotopic (exact) mass is 527 g/mol. The number of hydrogen-bond donors (Lipinski definition) is 2. The van der Waals surface area contributed by atoms with Crippen molar-refractivity contribution >= 4 is 23.4 Å². The summed E-state index contributed by atoms with van der Waals surface area (Å²) in [6, 6.07) is 23.6. The molecule has 5 nitrogen and oxygen atoms in total. The molecule has 0 spiro atoms. The average Bonchev–Trinajstić information content (AvgIpc) is 3.08. The number of halogens is 1. The molecule has 3 aromatic rings. The highest BCUT2D eigenvalue weighted by molar-refractivity contribution is 6.30. The van der Waals surface area contributed by atoms with Crippen LogP contribution in [0, 0.1) is 0 Å². The predicted molar refractivity (Wildman–Crippen MR) is 150 cm³/mol. The summed E-state index contributed by atoms with van der Waals surface area (Å²) in [5, 5.41) is 6.86. The van der Waals surface area contributed by atoms with Crippen molar-refractivity contribution in [1.82, 2.24) is 15.5 Å². The minimum Gasteiger partial charge on any atom is -0.352 e. The highest BCUT2D eigenvalue weighted by Gasteiger charge is 2.40. The smallest absolute Gasteiger partial charge is 0.252 e. The molecule has 38 heavy (non-hydrogen) atoms. The minimum atomic E-state index is -0.172. The lowest BCUT2D eigenvalue weighted by Crippen LogP contribution is -2.51. The third-order valence-electron chi connectivity index (χ3n) is 8.60.